The smallest absolute Gasteiger partial charge is 0.164 e. The van der Waals surface area contributed by atoms with Gasteiger partial charge in [0.15, 0.2) is 17.5 Å². The molecule has 6 aromatic rings. The molecule has 1 atom stereocenters. The molecule has 210 valence electrons. The number of aromatic nitrogens is 5. The van der Waals surface area contributed by atoms with Crippen molar-refractivity contribution in [2.45, 2.75) is 45.4 Å². The molecule has 0 bridgehead atoms. The number of hydrogen-bond acceptors (Lipinski definition) is 5. The van der Waals surface area contributed by atoms with Crippen LogP contribution in [-0.4, -0.2) is 24.9 Å². The first-order valence-electron chi connectivity index (χ1n) is 14.8. The van der Waals surface area contributed by atoms with Crippen molar-refractivity contribution in [1.82, 2.24) is 24.9 Å². The van der Waals surface area contributed by atoms with E-state index in [4.69, 9.17) is 24.9 Å². The molecule has 43 heavy (non-hydrogen) atoms. The molecule has 0 radical (unpaired) electrons. The zero-order valence-corrected chi connectivity index (χ0v) is 24.9. The summed E-state index contributed by atoms with van der Waals surface area (Å²) in [7, 11) is 0. The monoisotopic (exact) mass is 559 g/mol. The summed E-state index contributed by atoms with van der Waals surface area (Å²) in [5, 5.41) is 2.27. The van der Waals surface area contributed by atoms with Gasteiger partial charge in [-0.15, -0.1) is 0 Å². The lowest BCUT2D eigenvalue weighted by Crippen LogP contribution is -2.13. The maximum absolute atomic E-state index is 5.11. The molecule has 7 rings (SSSR count). The van der Waals surface area contributed by atoms with E-state index in [1.54, 1.807) is 0 Å². The van der Waals surface area contributed by atoms with E-state index >= 15 is 0 Å². The molecule has 0 aliphatic heterocycles. The number of fused-ring (bicyclic) bond motifs is 3. The average molecular weight is 560 g/mol. The van der Waals surface area contributed by atoms with Crippen LogP contribution in [0.1, 0.15) is 55.9 Å². The standard InChI is InChI=1S/C38H33N5/c1-24-23-31(30-21-19-26-20-22-32(38(2,3)4)40-33(26)34(30)39-24)25-15-17-29(18-16-25)37-42-35(27-11-7-5-8-12-27)41-36(43-37)28-13-9-6-10-14-28/h5-15,17-23,25H,16H2,1-4H3. The molecule has 0 saturated carbocycles. The molecule has 0 spiro atoms. The predicted octanol–water partition coefficient (Wildman–Crippen LogP) is 9.04. The van der Waals surface area contributed by atoms with Crippen LogP contribution in [0.3, 0.4) is 0 Å². The summed E-state index contributed by atoms with van der Waals surface area (Å²) < 4.78 is 0. The van der Waals surface area contributed by atoms with Gasteiger partial charge in [-0.05, 0) is 31.0 Å². The van der Waals surface area contributed by atoms with Crippen molar-refractivity contribution in [3.63, 3.8) is 0 Å². The molecule has 5 heteroatoms. The second-order valence-electron chi connectivity index (χ2n) is 12.2. The first-order valence-corrected chi connectivity index (χ1v) is 14.8. The molecular weight excluding hydrogens is 526 g/mol. The Bertz CT molecular complexity index is 1980. The van der Waals surface area contributed by atoms with Crippen LogP contribution < -0.4 is 0 Å². The van der Waals surface area contributed by atoms with Gasteiger partial charge in [0, 0.05) is 50.2 Å². The minimum atomic E-state index is -0.0356. The zero-order valence-electron chi connectivity index (χ0n) is 24.9. The normalized spacial score (nSPS) is 15.2. The van der Waals surface area contributed by atoms with E-state index < -0.39 is 0 Å². The summed E-state index contributed by atoms with van der Waals surface area (Å²) in [6.45, 7) is 8.67. The second-order valence-corrected chi connectivity index (χ2v) is 12.2. The first kappa shape index (κ1) is 26.8. The fraction of sp³-hybridized carbons (Fsp3) is 0.184. The van der Waals surface area contributed by atoms with Crippen LogP contribution in [0.5, 0.6) is 0 Å². The third-order valence-corrected chi connectivity index (χ3v) is 8.02. The van der Waals surface area contributed by atoms with E-state index in [-0.39, 0.29) is 11.3 Å². The van der Waals surface area contributed by atoms with Crippen LogP contribution in [0.15, 0.2) is 109 Å². The van der Waals surface area contributed by atoms with Crippen molar-refractivity contribution in [2.75, 3.05) is 0 Å². The van der Waals surface area contributed by atoms with E-state index in [2.05, 4.69) is 76.3 Å². The Balaban J connectivity index is 1.28. The van der Waals surface area contributed by atoms with Gasteiger partial charge in [-0.3, -0.25) is 4.98 Å². The minimum Gasteiger partial charge on any atom is -0.251 e. The van der Waals surface area contributed by atoms with Gasteiger partial charge in [-0.2, -0.15) is 0 Å². The number of aryl methyl sites for hydroxylation is 1. The molecule has 3 aromatic heterocycles. The van der Waals surface area contributed by atoms with Crippen LogP contribution in [0.25, 0.3) is 50.2 Å². The Morgan fingerprint density at radius 2 is 1.28 bits per heavy atom. The van der Waals surface area contributed by atoms with Gasteiger partial charge in [-0.1, -0.05) is 118 Å². The molecule has 1 aliphatic rings. The van der Waals surface area contributed by atoms with Gasteiger partial charge in [0.05, 0.1) is 11.0 Å². The Morgan fingerprint density at radius 1 is 0.651 bits per heavy atom. The first-order chi connectivity index (χ1) is 20.8. The number of rotatable bonds is 4. The quantitative estimate of drug-likeness (QED) is 0.202. The predicted molar refractivity (Wildman–Crippen MR) is 176 cm³/mol. The van der Waals surface area contributed by atoms with Gasteiger partial charge >= 0.3 is 0 Å². The van der Waals surface area contributed by atoms with Crippen molar-refractivity contribution < 1.29 is 0 Å². The van der Waals surface area contributed by atoms with Crippen molar-refractivity contribution in [3.05, 3.63) is 132 Å². The maximum atomic E-state index is 5.11. The molecule has 1 aliphatic carbocycles. The fourth-order valence-corrected chi connectivity index (χ4v) is 5.71. The van der Waals surface area contributed by atoms with Gasteiger partial charge in [-0.25, -0.2) is 19.9 Å². The highest BCUT2D eigenvalue weighted by Gasteiger charge is 2.21. The summed E-state index contributed by atoms with van der Waals surface area (Å²) in [4.78, 5) is 24.8. The topological polar surface area (TPSA) is 64.5 Å². The van der Waals surface area contributed by atoms with Crippen molar-refractivity contribution >= 4 is 27.4 Å². The summed E-state index contributed by atoms with van der Waals surface area (Å²) >= 11 is 0. The highest BCUT2D eigenvalue weighted by Crippen LogP contribution is 2.36. The van der Waals surface area contributed by atoms with Crippen molar-refractivity contribution in [1.29, 1.82) is 0 Å². The molecule has 3 heterocycles. The minimum absolute atomic E-state index is 0.0356. The second kappa shape index (κ2) is 10.7. The molecule has 5 nitrogen and oxygen atoms in total. The Morgan fingerprint density at radius 3 is 1.88 bits per heavy atom. The summed E-state index contributed by atoms with van der Waals surface area (Å²) in [5.41, 5.74) is 8.19. The van der Waals surface area contributed by atoms with Crippen LogP contribution in [0, 0.1) is 6.92 Å². The van der Waals surface area contributed by atoms with Crippen molar-refractivity contribution in [2.24, 2.45) is 0 Å². The summed E-state index contributed by atoms with van der Waals surface area (Å²) in [6.07, 6.45) is 7.53. The van der Waals surface area contributed by atoms with E-state index in [9.17, 15) is 0 Å². The van der Waals surface area contributed by atoms with Crippen LogP contribution in [0.4, 0.5) is 0 Å². The van der Waals surface area contributed by atoms with E-state index in [0.29, 0.717) is 17.5 Å². The van der Waals surface area contributed by atoms with Gasteiger partial charge in [0.25, 0.3) is 0 Å². The lowest BCUT2D eigenvalue weighted by molar-refractivity contribution is 0.571. The third kappa shape index (κ3) is 5.23. The number of nitrogens with zero attached hydrogens (tertiary/aromatic N) is 5. The Kier molecular flexibility index (Phi) is 6.66. The van der Waals surface area contributed by atoms with Crippen LogP contribution in [0.2, 0.25) is 0 Å². The van der Waals surface area contributed by atoms with Gasteiger partial charge < -0.3 is 0 Å². The van der Waals surface area contributed by atoms with E-state index in [1.165, 1.54) is 5.56 Å². The molecule has 1 unspecified atom stereocenters. The van der Waals surface area contributed by atoms with Crippen LogP contribution in [-0.2, 0) is 5.41 Å². The lowest BCUT2D eigenvalue weighted by Gasteiger charge is -2.21. The molecule has 0 amide bonds. The highest BCUT2D eigenvalue weighted by atomic mass is 15.0. The Labute approximate surface area is 252 Å². The van der Waals surface area contributed by atoms with E-state index in [0.717, 1.165) is 56.3 Å². The number of hydrogen-bond donors (Lipinski definition) is 0. The Hall–Kier alpha value is -5.03. The van der Waals surface area contributed by atoms with E-state index in [1.807, 2.05) is 60.7 Å². The maximum Gasteiger partial charge on any atom is 0.164 e. The fourth-order valence-electron chi connectivity index (χ4n) is 5.71. The molecule has 0 N–H and O–H groups in total. The molecule has 3 aromatic carbocycles. The summed E-state index contributed by atoms with van der Waals surface area (Å²) in [5.74, 6) is 2.24. The molecule has 0 saturated heterocycles. The number of allylic oxidation sites excluding steroid dienone is 4. The van der Waals surface area contributed by atoms with Crippen LogP contribution >= 0.6 is 0 Å². The zero-order chi connectivity index (χ0) is 29.6. The van der Waals surface area contributed by atoms with Gasteiger partial charge in [0.2, 0.25) is 0 Å². The third-order valence-electron chi connectivity index (χ3n) is 8.02. The summed E-state index contributed by atoms with van der Waals surface area (Å²) in [6, 6.07) is 31.1. The lowest BCUT2D eigenvalue weighted by atomic mass is 9.87. The van der Waals surface area contributed by atoms with Crippen molar-refractivity contribution in [3.8, 4) is 22.8 Å². The molecule has 0 fully saturated rings. The largest absolute Gasteiger partial charge is 0.251 e. The number of pyridine rings is 2. The van der Waals surface area contributed by atoms with Gasteiger partial charge in [0.1, 0.15) is 0 Å². The molecular formula is C38H33N5. The SMILES string of the molecule is Cc1cc(C2C=CC(c3nc(-c4ccccc4)nc(-c4ccccc4)n3)=CC2)c2ccc3ccc(C(C)(C)C)nc3c2n1. The highest BCUT2D eigenvalue weighted by molar-refractivity contribution is 6.04. The average Bonchev–Trinajstić information content (AvgIpc) is 3.04. The number of benzene rings is 3.